The summed E-state index contributed by atoms with van der Waals surface area (Å²) in [6.07, 6.45) is -0.312. The first-order valence-corrected chi connectivity index (χ1v) is 6.78. The minimum atomic E-state index is -4.25. The molecule has 104 valence electrons. The van der Waals surface area contributed by atoms with Crippen LogP contribution < -0.4 is 5.32 Å². The maximum Gasteiger partial charge on any atom is 0.416 e. The van der Waals surface area contributed by atoms with Gasteiger partial charge < -0.3 is 5.32 Å². The summed E-state index contributed by atoms with van der Waals surface area (Å²) in [5, 5.41) is 3.43. The molecule has 1 nitrogen and oxygen atoms in total. The Morgan fingerprint density at radius 3 is 2.47 bits per heavy atom. The number of halogens is 3. The fourth-order valence-corrected chi connectivity index (χ4v) is 3.29. The molecule has 2 aliphatic rings. The van der Waals surface area contributed by atoms with Crippen molar-refractivity contribution in [2.75, 3.05) is 5.32 Å². The molecular weight excluding hydrogens is 251 g/mol. The molecule has 0 saturated heterocycles. The number of benzene rings is 1. The normalized spacial score (nSPS) is 27.8. The molecule has 1 aliphatic heterocycles. The Balaban J connectivity index is 2.07. The van der Waals surface area contributed by atoms with Crippen molar-refractivity contribution in [1.82, 2.24) is 0 Å². The van der Waals surface area contributed by atoms with Crippen LogP contribution >= 0.6 is 0 Å². The van der Waals surface area contributed by atoms with Crippen molar-refractivity contribution in [1.29, 1.82) is 0 Å². The van der Waals surface area contributed by atoms with E-state index in [9.17, 15) is 13.2 Å². The van der Waals surface area contributed by atoms with E-state index in [1.54, 1.807) is 6.07 Å². The summed E-state index contributed by atoms with van der Waals surface area (Å²) in [6.45, 7) is 4.28. The molecule has 0 aromatic heterocycles. The molecule has 1 heterocycles. The molecule has 0 unspecified atom stereocenters. The summed E-state index contributed by atoms with van der Waals surface area (Å²) < 4.78 is 38.5. The fourth-order valence-electron chi connectivity index (χ4n) is 3.29. The molecule has 1 aliphatic carbocycles. The van der Waals surface area contributed by atoms with Gasteiger partial charge in [-0.2, -0.15) is 13.2 Å². The van der Waals surface area contributed by atoms with Gasteiger partial charge in [-0.05, 0) is 61.8 Å². The molecule has 1 N–H and O–H groups in total. The third kappa shape index (κ3) is 2.01. The largest absolute Gasteiger partial charge is 0.416 e. The summed E-state index contributed by atoms with van der Waals surface area (Å²) >= 11 is 0. The van der Waals surface area contributed by atoms with Gasteiger partial charge in [-0.15, -0.1) is 0 Å². The lowest BCUT2D eigenvalue weighted by Crippen LogP contribution is -2.42. The van der Waals surface area contributed by atoms with Crippen LogP contribution in [0.2, 0.25) is 0 Å². The van der Waals surface area contributed by atoms with Crippen LogP contribution in [-0.2, 0) is 11.6 Å². The van der Waals surface area contributed by atoms with Crippen molar-refractivity contribution in [2.45, 2.75) is 56.7 Å². The highest BCUT2D eigenvalue weighted by molar-refractivity contribution is 5.62. The number of anilines is 1. The zero-order chi connectivity index (χ0) is 13.9. The monoisotopic (exact) mass is 269 g/mol. The summed E-state index contributed by atoms with van der Waals surface area (Å²) in [5.74, 6) is 0. The molecule has 1 aromatic carbocycles. The Kier molecular flexibility index (Phi) is 2.48. The number of nitrogens with one attached hydrogen (secondary N) is 1. The zero-order valence-electron chi connectivity index (χ0n) is 11.2. The first kappa shape index (κ1) is 12.8. The van der Waals surface area contributed by atoms with Crippen LogP contribution in [-0.4, -0.2) is 5.54 Å². The van der Waals surface area contributed by atoms with Crippen LogP contribution in [0.15, 0.2) is 18.2 Å². The van der Waals surface area contributed by atoms with Gasteiger partial charge >= 0.3 is 6.18 Å². The van der Waals surface area contributed by atoms with Gasteiger partial charge in [0.2, 0.25) is 0 Å². The van der Waals surface area contributed by atoms with Crippen molar-refractivity contribution in [2.24, 2.45) is 0 Å². The first-order chi connectivity index (χ1) is 8.78. The van der Waals surface area contributed by atoms with E-state index < -0.39 is 11.7 Å². The number of hydrogen-bond donors (Lipinski definition) is 1. The maximum absolute atomic E-state index is 12.8. The minimum absolute atomic E-state index is 0.00322. The fraction of sp³-hybridized carbons (Fsp3) is 0.600. The molecule has 3 rings (SSSR count). The highest BCUT2D eigenvalue weighted by Gasteiger charge is 2.53. The highest BCUT2D eigenvalue weighted by atomic mass is 19.4. The van der Waals surface area contributed by atoms with Crippen molar-refractivity contribution >= 4 is 5.69 Å². The average Bonchev–Trinajstić information content (AvgIpc) is 3.07. The third-order valence-corrected chi connectivity index (χ3v) is 4.72. The lowest BCUT2D eigenvalue weighted by molar-refractivity contribution is -0.137. The Hall–Kier alpha value is -1.19. The second-order valence-corrected chi connectivity index (χ2v) is 6.25. The number of rotatable bonds is 1. The van der Waals surface area contributed by atoms with Gasteiger partial charge in [0.25, 0.3) is 0 Å². The molecular formula is C15H18F3N. The Bertz CT molecular complexity index is 517. The summed E-state index contributed by atoms with van der Waals surface area (Å²) in [5.41, 5.74) is 1.23. The Labute approximate surface area is 111 Å². The molecule has 1 atom stereocenters. The quantitative estimate of drug-likeness (QED) is 0.777. The van der Waals surface area contributed by atoms with Gasteiger partial charge in [0.1, 0.15) is 0 Å². The highest BCUT2D eigenvalue weighted by Crippen LogP contribution is 2.59. The van der Waals surface area contributed by atoms with Gasteiger partial charge in [0, 0.05) is 11.2 Å². The SMILES string of the molecule is CC[C@]1(C)CC2(CC2)c2cc(C(F)(F)F)ccc2N1. The molecule has 19 heavy (non-hydrogen) atoms. The van der Waals surface area contributed by atoms with E-state index in [0.717, 1.165) is 36.9 Å². The topological polar surface area (TPSA) is 12.0 Å². The van der Waals surface area contributed by atoms with Crippen LogP contribution in [0.1, 0.15) is 50.7 Å². The summed E-state index contributed by atoms with van der Waals surface area (Å²) in [7, 11) is 0. The van der Waals surface area contributed by atoms with Crippen LogP contribution in [0, 0.1) is 0 Å². The van der Waals surface area contributed by atoms with Crippen molar-refractivity contribution in [3.63, 3.8) is 0 Å². The van der Waals surface area contributed by atoms with Crippen LogP contribution in [0.4, 0.5) is 18.9 Å². The van der Waals surface area contributed by atoms with Crippen molar-refractivity contribution in [3.05, 3.63) is 29.3 Å². The molecule has 0 bridgehead atoms. The predicted octanol–water partition coefficient (Wildman–Crippen LogP) is 4.72. The lowest BCUT2D eigenvalue weighted by Gasteiger charge is -2.41. The van der Waals surface area contributed by atoms with Crippen molar-refractivity contribution in [3.8, 4) is 0 Å². The molecule has 1 spiro atoms. The van der Waals surface area contributed by atoms with Crippen molar-refractivity contribution < 1.29 is 13.2 Å². The number of hydrogen-bond acceptors (Lipinski definition) is 1. The van der Waals surface area contributed by atoms with Crippen LogP contribution in [0.3, 0.4) is 0 Å². The second-order valence-electron chi connectivity index (χ2n) is 6.25. The smallest absolute Gasteiger partial charge is 0.380 e. The van der Waals surface area contributed by atoms with Gasteiger partial charge in [0.05, 0.1) is 5.56 Å². The summed E-state index contributed by atoms with van der Waals surface area (Å²) in [6, 6.07) is 4.14. The maximum atomic E-state index is 12.8. The zero-order valence-corrected chi connectivity index (χ0v) is 11.2. The second kappa shape index (κ2) is 3.68. The van der Waals surface area contributed by atoms with Crippen LogP contribution in [0.5, 0.6) is 0 Å². The van der Waals surface area contributed by atoms with E-state index in [1.165, 1.54) is 12.1 Å². The standard InChI is InChI=1S/C15H18F3N/c1-3-13(2)9-14(6-7-14)11-8-10(15(16,17)18)4-5-12(11)19-13/h4-5,8,19H,3,6-7,9H2,1-2H3/t13-/m1/s1. The number of alkyl halides is 3. The van der Waals surface area contributed by atoms with E-state index in [0.29, 0.717) is 0 Å². The number of fused-ring (bicyclic) bond motifs is 2. The Morgan fingerprint density at radius 2 is 1.95 bits per heavy atom. The molecule has 1 saturated carbocycles. The van der Waals surface area contributed by atoms with Gasteiger partial charge in [0.15, 0.2) is 0 Å². The van der Waals surface area contributed by atoms with Gasteiger partial charge in [-0.25, -0.2) is 0 Å². The first-order valence-electron chi connectivity index (χ1n) is 6.78. The molecule has 1 fully saturated rings. The lowest BCUT2D eigenvalue weighted by atomic mass is 9.76. The van der Waals surface area contributed by atoms with E-state index in [2.05, 4.69) is 19.2 Å². The Morgan fingerprint density at radius 1 is 1.26 bits per heavy atom. The summed E-state index contributed by atoms with van der Waals surface area (Å²) in [4.78, 5) is 0. The van der Waals surface area contributed by atoms with Gasteiger partial charge in [-0.3, -0.25) is 0 Å². The average molecular weight is 269 g/mol. The third-order valence-electron chi connectivity index (χ3n) is 4.72. The molecule has 0 amide bonds. The molecule has 0 radical (unpaired) electrons. The van der Waals surface area contributed by atoms with E-state index in [-0.39, 0.29) is 11.0 Å². The van der Waals surface area contributed by atoms with Crippen LogP contribution in [0.25, 0.3) is 0 Å². The predicted molar refractivity (Wildman–Crippen MR) is 69.3 cm³/mol. The van der Waals surface area contributed by atoms with Gasteiger partial charge in [-0.1, -0.05) is 6.92 Å². The minimum Gasteiger partial charge on any atom is -0.380 e. The van der Waals surface area contributed by atoms with E-state index in [1.807, 2.05) is 0 Å². The molecule has 4 heteroatoms. The molecule has 1 aromatic rings. The van der Waals surface area contributed by atoms with E-state index >= 15 is 0 Å². The van der Waals surface area contributed by atoms with E-state index in [4.69, 9.17) is 0 Å².